The average molecular weight is 863 g/mol. The Bertz CT molecular complexity index is 3020. The van der Waals surface area contributed by atoms with E-state index in [1.54, 1.807) is 71.4 Å². The highest BCUT2D eigenvalue weighted by atomic mass is 16.6. The number of nitrogens with one attached hydrogen (secondary N) is 2. The van der Waals surface area contributed by atoms with Gasteiger partial charge in [0.1, 0.15) is 11.5 Å². The number of nitrogen functional groups attached to an aromatic ring is 2. The first-order valence-corrected chi connectivity index (χ1v) is 21.0. The summed E-state index contributed by atoms with van der Waals surface area (Å²) < 4.78 is 14.8. The van der Waals surface area contributed by atoms with Crippen molar-refractivity contribution in [2.75, 3.05) is 11.5 Å². The number of ketones is 2. The van der Waals surface area contributed by atoms with Gasteiger partial charge in [-0.05, 0) is 66.1 Å². The van der Waals surface area contributed by atoms with Gasteiger partial charge in [-0.25, -0.2) is 4.98 Å². The summed E-state index contributed by atoms with van der Waals surface area (Å²) in [7, 11) is 0. The Morgan fingerprint density at radius 2 is 1.30 bits per heavy atom. The monoisotopic (exact) mass is 862 g/mol. The Hall–Kier alpha value is -7.56. The molecule has 64 heavy (non-hydrogen) atoms. The van der Waals surface area contributed by atoms with Crippen molar-refractivity contribution in [2.45, 2.75) is 74.6 Å². The number of carbonyl (C=O) groups excluding carboxylic acids is 4. The lowest BCUT2D eigenvalue weighted by Crippen LogP contribution is -2.61. The maximum Gasteiger partial charge on any atom is 0.322 e. The van der Waals surface area contributed by atoms with E-state index in [1.165, 1.54) is 36.7 Å². The zero-order valence-corrected chi connectivity index (χ0v) is 35.0. The van der Waals surface area contributed by atoms with Crippen molar-refractivity contribution >= 4 is 34.8 Å². The van der Waals surface area contributed by atoms with Gasteiger partial charge in [-0.3, -0.25) is 24.4 Å². The molecule has 2 aliphatic carbocycles. The molecule has 0 fully saturated rings. The fraction of sp³-hybridized carbons (Fsp3) is 0.250. The van der Waals surface area contributed by atoms with E-state index >= 15 is 0 Å². The van der Waals surface area contributed by atoms with Crippen LogP contribution in [0.5, 0.6) is 11.5 Å². The third kappa shape index (κ3) is 5.23. The maximum atomic E-state index is 14.6. The number of carbonyl (C=O) groups is 4. The molecule has 2 aliphatic heterocycles. The second-order valence-electron chi connectivity index (χ2n) is 17.0. The number of rotatable bonds is 10. The third-order valence-electron chi connectivity index (χ3n) is 13.6. The molecule has 6 aromatic rings. The highest BCUT2D eigenvalue weighted by molar-refractivity contribution is 6.17. The Morgan fingerprint density at radius 3 is 1.84 bits per heavy atom. The van der Waals surface area contributed by atoms with E-state index in [2.05, 4.69) is 29.5 Å². The van der Waals surface area contributed by atoms with Crippen LogP contribution in [0.3, 0.4) is 0 Å². The second-order valence-corrected chi connectivity index (χ2v) is 17.0. The highest BCUT2D eigenvalue weighted by Gasteiger charge is 2.73. The number of benzene rings is 4. The quantitative estimate of drug-likeness (QED) is 0.0576. The van der Waals surface area contributed by atoms with Crippen molar-refractivity contribution in [3.05, 3.63) is 166 Å². The first-order chi connectivity index (χ1) is 30.6. The van der Waals surface area contributed by atoms with Gasteiger partial charge in [0.05, 0.1) is 11.1 Å². The smallest absolute Gasteiger partial charge is 0.322 e. The molecule has 324 valence electrons. The maximum absolute atomic E-state index is 14.6. The standard InChI is InChI=1S/C48H43N7O9/c1-4-25(2)27-14-16-30-36(23-27)63-48(61)32-10-8-12-34(50)39(32)41(57)46(30,48)53-44(59)42-51-19-22-54(42)21-18-26(3)28-15-17-29-37(24-28)64-47(60)31-9-7-11-33(49)38(31)40(56)45(29,47)52-43(58)35-13-5-6-20-55(35)62/h5-17,19-20,22-26,60-61H,4,18,21H2,1-3H3,(H6-,49,50,52,53,56,57,58,59,62)/p+1. The Balaban J connectivity index is 0.935. The zero-order valence-electron chi connectivity index (χ0n) is 35.0. The molecule has 4 heterocycles. The van der Waals surface area contributed by atoms with E-state index in [4.69, 9.17) is 20.9 Å². The van der Waals surface area contributed by atoms with Crippen LogP contribution >= 0.6 is 0 Å². The van der Waals surface area contributed by atoms with E-state index in [-0.39, 0.29) is 80.6 Å². The van der Waals surface area contributed by atoms with Gasteiger partial charge < -0.3 is 46.4 Å². The molecule has 16 nitrogen and oxygen atoms in total. The van der Waals surface area contributed by atoms with Gasteiger partial charge in [-0.1, -0.05) is 69.3 Å². The lowest BCUT2D eigenvalue weighted by molar-refractivity contribution is -0.905. The molecule has 0 bridgehead atoms. The van der Waals surface area contributed by atoms with Gasteiger partial charge in [-0.2, -0.15) is 0 Å². The van der Waals surface area contributed by atoms with Crippen LogP contribution in [0, 0.1) is 0 Å². The number of imidazole rings is 1. The Labute approximate surface area is 366 Å². The number of aromatic nitrogens is 3. The van der Waals surface area contributed by atoms with Gasteiger partial charge in [-0.15, -0.1) is 0 Å². The van der Waals surface area contributed by atoms with Crippen LogP contribution in [0.2, 0.25) is 0 Å². The van der Waals surface area contributed by atoms with Crippen molar-refractivity contribution in [2.24, 2.45) is 0 Å². The molecule has 6 atom stereocenters. The Morgan fingerprint density at radius 1 is 0.750 bits per heavy atom. The summed E-state index contributed by atoms with van der Waals surface area (Å²) in [5, 5.41) is 40.9. The largest absolute Gasteiger partial charge is 0.454 e. The lowest BCUT2D eigenvalue weighted by atomic mass is 9.81. The van der Waals surface area contributed by atoms with Crippen LogP contribution < -0.4 is 36.3 Å². The van der Waals surface area contributed by atoms with E-state index in [1.807, 2.05) is 13.0 Å². The van der Waals surface area contributed by atoms with Crippen LogP contribution in [-0.2, 0) is 29.2 Å². The molecule has 4 aromatic carbocycles. The summed E-state index contributed by atoms with van der Waals surface area (Å²) in [4.78, 5) is 61.6. The van der Waals surface area contributed by atoms with Crippen molar-refractivity contribution in [1.82, 2.24) is 20.2 Å². The number of hydrogen-bond donors (Lipinski definition) is 7. The summed E-state index contributed by atoms with van der Waals surface area (Å²) in [5.74, 6) is -7.24. The van der Waals surface area contributed by atoms with Gasteiger partial charge in [0.2, 0.25) is 28.8 Å². The van der Waals surface area contributed by atoms with Crippen molar-refractivity contribution < 1.29 is 48.8 Å². The molecule has 6 unspecified atom stereocenters. The van der Waals surface area contributed by atoms with Crippen LogP contribution in [-0.4, -0.2) is 48.4 Å². The van der Waals surface area contributed by atoms with E-state index in [0.717, 1.165) is 17.5 Å². The topological polar surface area (TPSA) is 245 Å². The number of Topliss-reactive ketones (excluding diaryl/α,β-unsaturated/α-hetero) is 2. The number of anilines is 2. The van der Waals surface area contributed by atoms with Crippen LogP contribution in [0.4, 0.5) is 11.4 Å². The summed E-state index contributed by atoms with van der Waals surface area (Å²) in [6.07, 6.45) is 5.66. The van der Waals surface area contributed by atoms with E-state index in [9.17, 15) is 34.6 Å². The van der Waals surface area contributed by atoms with Gasteiger partial charge in [0.15, 0.2) is 5.82 Å². The number of hydrogen-bond acceptors (Lipinski definition) is 12. The molecule has 0 saturated carbocycles. The minimum atomic E-state index is -2.40. The molecule has 0 spiro atoms. The van der Waals surface area contributed by atoms with E-state index in [0.29, 0.717) is 16.7 Å². The second kappa shape index (κ2) is 14.0. The number of aryl methyl sites for hydroxylation is 1. The first-order valence-electron chi connectivity index (χ1n) is 21.0. The first kappa shape index (κ1) is 40.5. The fourth-order valence-electron chi connectivity index (χ4n) is 9.90. The predicted molar refractivity (Wildman–Crippen MR) is 228 cm³/mol. The van der Waals surface area contributed by atoms with Gasteiger partial charge in [0, 0.05) is 69.4 Å². The molecular weight excluding hydrogens is 819 g/mol. The van der Waals surface area contributed by atoms with Crippen molar-refractivity contribution in [3.63, 3.8) is 0 Å². The van der Waals surface area contributed by atoms with Gasteiger partial charge >= 0.3 is 11.6 Å². The number of fused-ring (bicyclic) bond motifs is 10. The normalized spacial score (nSPS) is 24.0. The van der Waals surface area contributed by atoms with Gasteiger partial charge in [0.25, 0.3) is 17.5 Å². The zero-order chi connectivity index (χ0) is 45.1. The number of nitrogens with two attached hydrogens (primary N) is 2. The van der Waals surface area contributed by atoms with E-state index < -0.39 is 46.0 Å². The summed E-state index contributed by atoms with van der Waals surface area (Å²) in [6.45, 7) is 6.35. The molecule has 4 aliphatic rings. The summed E-state index contributed by atoms with van der Waals surface area (Å²) in [6, 6.07) is 24.2. The van der Waals surface area contributed by atoms with Crippen LogP contribution in [0.25, 0.3) is 0 Å². The Kier molecular flexibility index (Phi) is 8.84. The number of aliphatic hydroxyl groups is 2. The van der Waals surface area contributed by atoms with Crippen molar-refractivity contribution in [1.29, 1.82) is 0 Å². The summed E-state index contributed by atoms with van der Waals surface area (Å²) >= 11 is 0. The number of pyridine rings is 1. The SMILES string of the molecule is CCC(C)c1ccc2c(c1)OC1(O)c3cccc(N)c3C(=O)C21NC(=O)c1nccn1CCC(C)c1ccc2c(c1)OC1(O)c3cccc(N)c3C(=O)C21NC(=O)c1cccc[n+]1O. The molecule has 10 rings (SSSR count). The predicted octanol–water partition coefficient (Wildman–Crippen LogP) is 4.40. The molecule has 16 heteroatoms. The van der Waals surface area contributed by atoms with Crippen LogP contribution in [0.15, 0.2) is 110 Å². The molecule has 2 amide bonds. The molecule has 9 N–H and O–H groups in total. The summed E-state index contributed by atoms with van der Waals surface area (Å²) in [5.41, 5.74) is 10.8. The highest BCUT2D eigenvalue weighted by Crippen LogP contribution is 2.61. The minimum Gasteiger partial charge on any atom is -0.454 e. The number of ether oxygens (including phenoxy) is 2. The molecule has 0 radical (unpaired) electrons. The van der Waals surface area contributed by atoms with Crippen LogP contribution in [0.1, 0.15) is 121 Å². The minimum absolute atomic E-state index is 0.00848. The molecule has 2 aromatic heterocycles. The lowest BCUT2D eigenvalue weighted by Gasteiger charge is -2.34. The fourth-order valence-corrected chi connectivity index (χ4v) is 9.90. The number of nitrogens with zero attached hydrogens (tertiary/aromatic N) is 3. The van der Waals surface area contributed by atoms with Crippen molar-refractivity contribution in [3.8, 4) is 11.5 Å². The number of amides is 2. The molecule has 0 saturated heterocycles. The average Bonchev–Trinajstić information content (AvgIpc) is 4.01. The third-order valence-corrected chi connectivity index (χ3v) is 13.6. The molecular formula is C48H44N7O9+.